The predicted octanol–water partition coefficient (Wildman–Crippen LogP) is 4.95. The van der Waals surface area contributed by atoms with E-state index in [2.05, 4.69) is 45.9 Å². The molecule has 0 N–H and O–H groups in total. The molecule has 1 rings (SSSR count). The molecule has 0 saturated carbocycles. The second kappa shape index (κ2) is 16.5. The summed E-state index contributed by atoms with van der Waals surface area (Å²) >= 11 is 0. The molecule has 0 heterocycles. The number of allylic oxidation sites excluding steroid dienone is 4. The summed E-state index contributed by atoms with van der Waals surface area (Å²) in [7, 11) is 0. The number of hydrogen-bond donors (Lipinski definition) is 0. The van der Waals surface area contributed by atoms with Gasteiger partial charge in [0.1, 0.15) is 0 Å². The Morgan fingerprint density at radius 1 is 1.20 bits per heavy atom. The molecule has 1 heteroatoms. The van der Waals surface area contributed by atoms with E-state index in [0.717, 1.165) is 0 Å². The summed E-state index contributed by atoms with van der Waals surface area (Å²) in [6, 6.07) is 0. The summed E-state index contributed by atoms with van der Waals surface area (Å²) in [4.78, 5) is 0. The van der Waals surface area contributed by atoms with Gasteiger partial charge in [-0.3, -0.25) is 0 Å². The van der Waals surface area contributed by atoms with Crippen LogP contribution in [0.1, 0.15) is 47.0 Å². The minimum absolute atomic E-state index is 0. The van der Waals surface area contributed by atoms with Crippen molar-refractivity contribution in [1.82, 2.24) is 0 Å². The Balaban J connectivity index is -0.000000258. The predicted molar refractivity (Wildman–Crippen MR) is 67.7 cm³/mol. The molecule has 0 nitrogen and oxygen atoms in total. The maximum atomic E-state index is 3.25. The SMILES string of the molecule is C/C1=C/C=C\[C-](C)CCC1.[CH2-]C.[CH2-]C.[Pt]. The third-order valence-corrected chi connectivity index (χ3v) is 1.90. The van der Waals surface area contributed by atoms with Crippen LogP contribution in [0.15, 0.2) is 23.8 Å². The van der Waals surface area contributed by atoms with Gasteiger partial charge in [-0.25, -0.2) is 18.1 Å². The van der Waals surface area contributed by atoms with Crippen molar-refractivity contribution in [2.75, 3.05) is 0 Å². The fourth-order valence-corrected chi connectivity index (χ4v) is 1.19. The molecule has 0 unspecified atom stereocenters. The molecule has 0 fully saturated rings. The van der Waals surface area contributed by atoms with Gasteiger partial charge in [0, 0.05) is 21.1 Å². The second-order valence-electron chi connectivity index (χ2n) is 3.07. The van der Waals surface area contributed by atoms with Crippen LogP contribution in [-0.2, 0) is 21.1 Å². The molecule has 1 aliphatic carbocycles. The Bertz CT molecular complexity index is 157. The first kappa shape index (κ1) is 20.5. The van der Waals surface area contributed by atoms with Crippen LogP contribution in [0, 0.1) is 19.8 Å². The van der Waals surface area contributed by atoms with Crippen molar-refractivity contribution in [3.05, 3.63) is 43.6 Å². The molecule has 0 aromatic heterocycles. The van der Waals surface area contributed by atoms with E-state index in [1.807, 2.05) is 0 Å². The average molecular weight is 388 g/mol. The van der Waals surface area contributed by atoms with Crippen molar-refractivity contribution in [3.63, 3.8) is 0 Å². The standard InChI is InChI=1S/C10H15.2C2H5.Pt/c1-9-5-3-7-10(2)8-4-6-9;2*1-2;/h3,5,7H,4,6,8H2,1-2H3;2*1H2,2H3;/q3*-1;/b5-3-,10-7-;;;. The van der Waals surface area contributed by atoms with Crippen molar-refractivity contribution in [2.45, 2.75) is 47.0 Å². The normalized spacial score (nSPS) is 19.6. The van der Waals surface area contributed by atoms with Crippen molar-refractivity contribution < 1.29 is 21.1 Å². The van der Waals surface area contributed by atoms with Gasteiger partial charge in [-0.1, -0.05) is 18.4 Å². The quantitative estimate of drug-likeness (QED) is 0.516. The molecular weight excluding hydrogens is 363 g/mol. The zero-order valence-corrected chi connectivity index (χ0v) is 12.9. The molecular formula is C14H25Pt-3. The zero-order chi connectivity index (χ0) is 11.4. The van der Waals surface area contributed by atoms with Crippen LogP contribution in [0.5, 0.6) is 0 Å². The first-order valence-electron chi connectivity index (χ1n) is 5.37. The van der Waals surface area contributed by atoms with Gasteiger partial charge in [0.05, 0.1) is 0 Å². The number of rotatable bonds is 0. The summed E-state index contributed by atoms with van der Waals surface area (Å²) in [5.74, 6) is 1.50. The topological polar surface area (TPSA) is 0 Å². The van der Waals surface area contributed by atoms with Gasteiger partial charge in [0.15, 0.2) is 0 Å². The maximum absolute atomic E-state index is 3.25. The van der Waals surface area contributed by atoms with E-state index in [1.54, 1.807) is 13.8 Å². The van der Waals surface area contributed by atoms with Gasteiger partial charge in [0.25, 0.3) is 0 Å². The van der Waals surface area contributed by atoms with Crippen LogP contribution in [0.3, 0.4) is 0 Å². The minimum atomic E-state index is 0. The monoisotopic (exact) mass is 388 g/mol. The van der Waals surface area contributed by atoms with Gasteiger partial charge >= 0.3 is 0 Å². The minimum Gasteiger partial charge on any atom is -0.346 e. The largest absolute Gasteiger partial charge is 0.346 e. The molecule has 0 spiro atoms. The molecule has 0 aliphatic heterocycles. The number of hydrogen-bond acceptors (Lipinski definition) is 0. The van der Waals surface area contributed by atoms with Crippen LogP contribution in [0.4, 0.5) is 0 Å². The van der Waals surface area contributed by atoms with Crippen LogP contribution < -0.4 is 0 Å². The van der Waals surface area contributed by atoms with E-state index in [0.29, 0.717) is 0 Å². The summed E-state index contributed by atoms with van der Waals surface area (Å²) in [6.07, 6.45) is 10.4. The van der Waals surface area contributed by atoms with Gasteiger partial charge in [-0.05, 0) is 13.3 Å². The molecule has 0 saturated heterocycles. The third-order valence-electron chi connectivity index (χ3n) is 1.90. The van der Waals surface area contributed by atoms with Crippen molar-refractivity contribution in [2.24, 2.45) is 0 Å². The summed E-state index contributed by atoms with van der Waals surface area (Å²) in [5.41, 5.74) is 1.50. The molecule has 0 atom stereocenters. The van der Waals surface area contributed by atoms with Crippen LogP contribution in [0.25, 0.3) is 0 Å². The first-order valence-corrected chi connectivity index (χ1v) is 5.37. The Kier molecular flexibility index (Phi) is 22.5. The first-order chi connectivity index (χ1) is 6.79. The second-order valence-corrected chi connectivity index (χ2v) is 3.07. The van der Waals surface area contributed by atoms with E-state index in [1.165, 1.54) is 30.8 Å². The molecule has 1 aliphatic rings. The fourth-order valence-electron chi connectivity index (χ4n) is 1.19. The molecule has 0 amide bonds. The molecule has 0 aromatic carbocycles. The van der Waals surface area contributed by atoms with Crippen molar-refractivity contribution >= 4 is 0 Å². The Morgan fingerprint density at radius 3 is 2.27 bits per heavy atom. The van der Waals surface area contributed by atoms with E-state index in [9.17, 15) is 0 Å². The fraction of sp³-hybridized carbons (Fsp3) is 0.500. The van der Waals surface area contributed by atoms with Crippen LogP contribution in [-0.4, -0.2) is 0 Å². The van der Waals surface area contributed by atoms with Gasteiger partial charge in [0.2, 0.25) is 0 Å². The van der Waals surface area contributed by atoms with E-state index in [-0.39, 0.29) is 21.1 Å². The van der Waals surface area contributed by atoms with Gasteiger partial charge in [-0.15, -0.1) is 13.0 Å². The Labute approximate surface area is 111 Å². The molecule has 15 heavy (non-hydrogen) atoms. The van der Waals surface area contributed by atoms with E-state index >= 15 is 0 Å². The summed E-state index contributed by atoms with van der Waals surface area (Å²) in [5, 5.41) is 0. The van der Waals surface area contributed by atoms with Crippen LogP contribution in [0.2, 0.25) is 0 Å². The van der Waals surface area contributed by atoms with Crippen LogP contribution >= 0.6 is 0 Å². The Hall–Kier alpha value is 0.0383. The van der Waals surface area contributed by atoms with Gasteiger partial charge in [-0.2, -0.15) is 13.8 Å². The molecule has 94 valence electrons. The van der Waals surface area contributed by atoms with Crippen molar-refractivity contribution in [3.8, 4) is 0 Å². The zero-order valence-electron chi connectivity index (χ0n) is 10.6. The van der Waals surface area contributed by atoms with E-state index in [4.69, 9.17) is 0 Å². The smallest absolute Gasteiger partial charge is 0 e. The molecule has 0 aromatic rings. The Morgan fingerprint density at radius 2 is 1.73 bits per heavy atom. The summed E-state index contributed by atoms with van der Waals surface area (Å²) < 4.78 is 0. The maximum Gasteiger partial charge on any atom is 0 e. The van der Waals surface area contributed by atoms with Crippen molar-refractivity contribution in [1.29, 1.82) is 0 Å². The summed E-state index contributed by atoms with van der Waals surface area (Å²) in [6.45, 7) is 14.4. The van der Waals surface area contributed by atoms with Gasteiger partial charge < -0.3 is 13.8 Å². The average Bonchev–Trinajstić information content (AvgIpc) is 2.21. The molecule has 0 radical (unpaired) electrons. The third kappa shape index (κ3) is 14.0. The van der Waals surface area contributed by atoms with E-state index < -0.39 is 0 Å². The molecule has 0 bridgehead atoms.